The van der Waals surface area contributed by atoms with Crippen molar-refractivity contribution >= 4 is 38.9 Å². The monoisotopic (exact) mass is 404 g/mol. The molecule has 0 unspecified atom stereocenters. The van der Waals surface area contributed by atoms with E-state index < -0.39 is 11.5 Å². The van der Waals surface area contributed by atoms with Gasteiger partial charge in [-0.3, -0.25) is 9.36 Å². The summed E-state index contributed by atoms with van der Waals surface area (Å²) in [5.74, 6) is 0.179. The number of ether oxygens (including phenoxy) is 1. The molecular weight excluding hydrogens is 380 g/mol. The predicted molar refractivity (Wildman–Crippen MR) is 112 cm³/mol. The lowest BCUT2D eigenvalue weighted by Gasteiger charge is -2.27. The molecule has 0 amide bonds. The third-order valence-corrected chi connectivity index (χ3v) is 6.72. The van der Waals surface area contributed by atoms with Crippen molar-refractivity contribution in [2.45, 2.75) is 53.0 Å². The third kappa shape index (κ3) is 3.23. The van der Waals surface area contributed by atoms with Gasteiger partial charge < -0.3 is 4.74 Å². The van der Waals surface area contributed by atoms with Crippen LogP contribution in [0, 0.1) is 0 Å². The predicted octanol–water partition coefficient (Wildman–Crippen LogP) is 4.61. The maximum atomic E-state index is 13.6. The molecule has 3 aromatic heterocycles. The highest BCUT2D eigenvalue weighted by Crippen LogP contribution is 2.39. The maximum absolute atomic E-state index is 13.6. The molecule has 5 nitrogen and oxygen atoms in total. The number of aromatic nitrogens is 2. The Kier molecular flexibility index (Phi) is 5.53. The van der Waals surface area contributed by atoms with E-state index in [9.17, 15) is 9.59 Å². The first-order valence-electron chi connectivity index (χ1n) is 9.15. The first kappa shape index (κ1) is 19.8. The largest absolute Gasteiger partial charge is 0.464 e. The van der Waals surface area contributed by atoms with Crippen LogP contribution in [0.25, 0.3) is 20.7 Å². The summed E-state index contributed by atoms with van der Waals surface area (Å²) >= 11 is 3.18. The summed E-state index contributed by atoms with van der Waals surface area (Å²) in [5, 5.41) is 2.61. The Hall–Kier alpha value is -1.99. The van der Waals surface area contributed by atoms with Crippen molar-refractivity contribution in [2.75, 3.05) is 6.61 Å². The van der Waals surface area contributed by atoms with Crippen LogP contribution in [0.3, 0.4) is 0 Å². The van der Waals surface area contributed by atoms with Crippen LogP contribution in [0.2, 0.25) is 0 Å². The standard InChI is InChI=1S/C20H24N2O3S2/c1-6-12-15(13-10-9-11-26-13)16-17(27-12)21-14(7-2)22(18(16)23)20(4,5)19(24)25-8-3/h9-11H,6-8H2,1-5H3. The highest BCUT2D eigenvalue weighted by molar-refractivity contribution is 7.20. The van der Waals surface area contributed by atoms with Crippen molar-refractivity contribution in [1.29, 1.82) is 0 Å². The summed E-state index contributed by atoms with van der Waals surface area (Å²) < 4.78 is 6.76. The number of hydrogen-bond donors (Lipinski definition) is 0. The van der Waals surface area contributed by atoms with E-state index in [0.29, 0.717) is 17.6 Å². The number of aryl methyl sites for hydroxylation is 2. The van der Waals surface area contributed by atoms with Crippen molar-refractivity contribution < 1.29 is 9.53 Å². The van der Waals surface area contributed by atoms with E-state index in [-0.39, 0.29) is 12.2 Å². The second-order valence-electron chi connectivity index (χ2n) is 6.71. The van der Waals surface area contributed by atoms with Crippen LogP contribution in [0.4, 0.5) is 0 Å². The first-order chi connectivity index (χ1) is 12.9. The lowest BCUT2D eigenvalue weighted by atomic mass is 10.0. The molecule has 0 aromatic carbocycles. The summed E-state index contributed by atoms with van der Waals surface area (Å²) in [6.07, 6.45) is 1.39. The molecule has 0 saturated carbocycles. The van der Waals surface area contributed by atoms with Gasteiger partial charge in [0.25, 0.3) is 5.56 Å². The van der Waals surface area contributed by atoms with Crippen molar-refractivity contribution in [1.82, 2.24) is 9.55 Å². The van der Waals surface area contributed by atoms with Crippen LogP contribution in [0.5, 0.6) is 0 Å². The molecule has 0 saturated heterocycles. The van der Waals surface area contributed by atoms with Crippen molar-refractivity contribution in [3.05, 3.63) is 38.6 Å². The van der Waals surface area contributed by atoms with Crippen molar-refractivity contribution in [3.63, 3.8) is 0 Å². The number of esters is 1. The molecule has 0 N–H and O–H groups in total. The van der Waals surface area contributed by atoms with Gasteiger partial charge in [0, 0.05) is 21.7 Å². The number of nitrogens with zero attached hydrogens (tertiary/aromatic N) is 2. The first-order valence-corrected chi connectivity index (χ1v) is 10.8. The van der Waals surface area contributed by atoms with Gasteiger partial charge in [0.05, 0.1) is 12.0 Å². The Balaban J connectivity index is 2.39. The number of rotatable bonds is 6. The number of carbonyl (C=O) groups excluding carboxylic acids is 1. The van der Waals surface area contributed by atoms with Gasteiger partial charge in [0.1, 0.15) is 16.2 Å². The van der Waals surface area contributed by atoms with Crippen LogP contribution in [-0.4, -0.2) is 22.1 Å². The second kappa shape index (κ2) is 7.56. The molecule has 0 bridgehead atoms. The summed E-state index contributed by atoms with van der Waals surface area (Å²) in [6, 6.07) is 4.01. The Morgan fingerprint density at radius 2 is 2.00 bits per heavy atom. The smallest absolute Gasteiger partial charge is 0.331 e. The molecule has 0 radical (unpaired) electrons. The fraction of sp³-hybridized carbons (Fsp3) is 0.450. The topological polar surface area (TPSA) is 61.2 Å². The van der Waals surface area contributed by atoms with E-state index in [1.807, 2.05) is 24.4 Å². The molecule has 3 rings (SSSR count). The molecule has 144 valence electrons. The highest BCUT2D eigenvalue weighted by Gasteiger charge is 2.36. The lowest BCUT2D eigenvalue weighted by molar-refractivity contribution is -0.152. The van der Waals surface area contributed by atoms with E-state index in [2.05, 4.69) is 6.92 Å². The minimum absolute atomic E-state index is 0.172. The molecular formula is C20H24N2O3S2. The number of fused-ring (bicyclic) bond motifs is 1. The van der Waals surface area contributed by atoms with E-state index in [1.54, 1.807) is 43.4 Å². The zero-order chi connectivity index (χ0) is 19.8. The van der Waals surface area contributed by atoms with Gasteiger partial charge in [-0.1, -0.05) is 19.9 Å². The summed E-state index contributed by atoms with van der Waals surface area (Å²) in [5.41, 5.74) is -0.337. The molecule has 0 aliphatic rings. The van der Waals surface area contributed by atoms with Crippen LogP contribution in [-0.2, 0) is 27.9 Å². The van der Waals surface area contributed by atoms with Crippen LogP contribution >= 0.6 is 22.7 Å². The SMILES string of the molecule is CCOC(=O)C(C)(C)n1c(CC)nc2sc(CC)c(-c3cccs3)c2c1=O. The summed E-state index contributed by atoms with van der Waals surface area (Å²) in [7, 11) is 0. The second-order valence-corrected chi connectivity index (χ2v) is 8.74. The molecule has 0 aliphatic carbocycles. The normalized spacial score (nSPS) is 11.9. The Labute approximate surface area is 166 Å². The summed E-state index contributed by atoms with van der Waals surface area (Å²) in [4.78, 5) is 34.0. The van der Waals surface area contributed by atoms with Gasteiger partial charge in [-0.25, -0.2) is 9.78 Å². The highest BCUT2D eigenvalue weighted by atomic mass is 32.1. The fourth-order valence-corrected chi connectivity index (χ4v) is 5.28. The van der Waals surface area contributed by atoms with E-state index in [4.69, 9.17) is 9.72 Å². The van der Waals surface area contributed by atoms with Gasteiger partial charge in [-0.2, -0.15) is 0 Å². The van der Waals surface area contributed by atoms with Crippen molar-refractivity contribution in [2.24, 2.45) is 0 Å². The fourth-order valence-electron chi connectivity index (χ4n) is 3.28. The number of carbonyl (C=O) groups is 1. The maximum Gasteiger partial charge on any atom is 0.331 e. The zero-order valence-corrected chi connectivity index (χ0v) is 17.9. The van der Waals surface area contributed by atoms with E-state index >= 15 is 0 Å². The van der Waals surface area contributed by atoms with Crippen LogP contribution < -0.4 is 5.56 Å². The minimum Gasteiger partial charge on any atom is -0.464 e. The number of thiophene rings is 2. The average molecular weight is 405 g/mol. The van der Waals surface area contributed by atoms with Crippen LogP contribution in [0.15, 0.2) is 22.3 Å². The molecule has 0 aliphatic heterocycles. The molecule has 0 atom stereocenters. The van der Waals surface area contributed by atoms with Gasteiger partial charge in [0.2, 0.25) is 0 Å². The summed E-state index contributed by atoms with van der Waals surface area (Å²) in [6.45, 7) is 9.50. The number of hydrogen-bond acceptors (Lipinski definition) is 6. The molecule has 0 spiro atoms. The lowest BCUT2D eigenvalue weighted by Crippen LogP contribution is -2.45. The molecule has 3 aromatic rings. The van der Waals surface area contributed by atoms with Crippen LogP contribution in [0.1, 0.15) is 45.3 Å². The molecule has 27 heavy (non-hydrogen) atoms. The van der Waals surface area contributed by atoms with Gasteiger partial charge in [-0.05, 0) is 38.6 Å². The Morgan fingerprint density at radius 1 is 1.26 bits per heavy atom. The van der Waals surface area contributed by atoms with E-state index in [1.165, 1.54) is 4.57 Å². The average Bonchev–Trinajstić information content (AvgIpc) is 3.28. The molecule has 7 heteroatoms. The third-order valence-electron chi connectivity index (χ3n) is 4.61. The molecule has 0 fully saturated rings. The Morgan fingerprint density at radius 3 is 2.56 bits per heavy atom. The van der Waals surface area contributed by atoms with E-state index in [0.717, 1.165) is 26.6 Å². The quantitative estimate of drug-likeness (QED) is 0.563. The van der Waals surface area contributed by atoms with Crippen molar-refractivity contribution in [3.8, 4) is 10.4 Å². The van der Waals surface area contributed by atoms with Gasteiger partial charge in [0.15, 0.2) is 0 Å². The van der Waals surface area contributed by atoms with Gasteiger partial charge in [-0.15, -0.1) is 22.7 Å². The zero-order valence-electron chi connectivity index (χ0n) is 16.3. The van der Waals surface area contributed by atoms with Gasteiger partial charge >= 0.3 is 5.97 Å². The molecule has 3 heterocycles. The minimum atomic E-state index is -1.12. The Bertz CT molecular complexity index is 1030.